The molecule has 2 aliphatic heterocycles. The SMILES string of the molecule is CCCN(c1nc[nH]c(=O)c1Br)C1CC2CCC(C1)N2. The summed E-state index contributed by atoms with van der Waals surface area (Å²) in [6, 6.07) is 1.76. The van der Waals surface area contributed by atoms with E-state index in [1.54, 1.807) is 0 Å². The fraction of sp³-hybridized carbons (Fsp3) is 0.714. The van der Waals surface area contributed by atoms with Crippen molar-refractivity contribution in [1.82, 2.24) is 15.3 Å². The van der Waals surface area contributed by atoms with Gasteiger partial charge in [-0.25, -0.2) is 4.98 Å². The van der Waals surface area contributed by atoms with Gasteiger partial charge < -0.3 is 15.2 Å². The van der Waals surface area contributed by atoms with Crippen LogP contribution in [0.4, 0.5) is 5.82 Å². The van der Waals surface area contributed by atoms with Gasteiger partial charge in [0.15, 0.2) is 5.82 Å². The molecule has 0 saturated carbocycles. The molecular weight excluding hydrogens is 320 g/mol. The summed E-state index contributed by atoms with van der Waals surface area (Å²) in [6.45, 7) is 3.11. The number of anilines is 1. The van der Waals surface area contributed by atoms with Crippen LogP contribution in [-0.2, 0) is 0 Å². The van der Waals surface area contributed by atoms with Gasteiger partial charge in [-0.15, -0.1) is 0 Å². The van der Waals surface area contributed by atoms with Crippen molar-refractivity contribution >= 4 is 21.7 Å². The smallest absolute Gasteiger partial charge is 0.267 e. The van der Waals surface area contributed by atoms with E-state index in [2.05, 4.69) is 43.0 Å². The third-order valence-electron chi connectivity index (χ3n) is 4.40. The molecule has 0 aliphatic carbocycles. The predicted molar refractivity (Wildman–Crippen MR) is 83.2 cm³/mol. The molecule has 0 spiro atoms. The van der Waals surface area contributed by atoms with Gasteiger partial charge in [-0.3, -0.25) is 4.79 Å². The molecule has 2 N–H and O–H groups in total. The van der Waals surface area contributed by atoms with Gasteiger partial charge in [-0.2, -0.15) is 0 Å². The lowest BCUT2D eigenvalue weighted by atomic mass is 9.98. The van der Waals surface area contributed by atoms with E-state index in [1.165, 1.54) is 19.2 Å². The Hall–Kier alpha value is -0.880. The Kier molecular flexibility index (Phi) is 4.12. The summed E-state index contributed by atoms with van der Waals surface area (Å²) < 4.78 is 0.555. The summed E-state index contributed by atoms with van der Waals surface area (Å²) in [5.41, 5.74) is -0.104. The maximum atomic E-state index is 11.8. The summed E-state index contributed by atoms with van der Waals surface area (Å²) in [7, 11) is 0. The Morgan fingerprint density at radius 2 is 2.10 bits per heavy atom. The van der Waals surface area contributed by atoms with Crippen LogP contribution < -0.4 is 15.8 Å². The molecule has 20 heavy (non-hydrogen) atoms. The van der Waals surface area contributed by atoms with E-state index in [9.17, 15) is 4.79 Å². The summed E-state index contributed by atoms with van der Waals surface area (Å²) in [6.07, 6.45) is 7.42. The Balaban J connectivity index is 1.88. The third-order valence-corrected chi connectivity index (χ3v) is 5.12. The highest BCUT2D eigenvalue weighted by molar-refractivity contribution is 9.10. The monoisotopic (exact) mass is 340 g/mol. The van der Waals surface area contributed by atoms with Crippen molar-refractivity contribution in [1.29, 1.82) is 0 Å². The van der Waals surface area contributed by atoms with E-state index in [0.717, 1.165) is 31.6 Å². The maximum absolute atomic E-state index is 11.8. The highest BCUT2D eigenvalue weighted by Crippen LogP contribution is 2.33. The first kappa shape index (κ1) is 14.1. The molecule has 0 radical (unpaired) electrons. The second kappa shape index (κ2) is 5.85. The van der Waals surface area contributed by atoms with E-state index in [4.69, 9.17) is 0 Å². The lowest BCUT2D eigenvalue weighted by Gasteiger charge is -2.38. The fourth-order valence-corrected chi connectivity index (χ4v) is 4.00. The summed E-state index contributed by atoms with van der Waals surface area (Å²) in [4.78, 5) is 21.1. The zero-order valence-electron chi connectivity index (χ0n) is 11.7. The molecular formula is C14H21BrN4O. The van der Waals surface area contributed by atoms with Gasteiger partial charge in [0.05, 0.1) is 6.33 Å². The molecule has 0 amide bonds. The molecule has 3 rings (SSSR count). The number of rotatable bonds is 4. The number of aromatic amines is 1. The lowest BCUT2D eigenvalue weighted by molar-refractivity contribution is 0.345. The minimum Gasteiger partial charge on any atom is -0.352 e. The standard InChI is InChI=1S/C14H21BrN4O/c1-2-5-19(13-12(15)14(20)17-8-16-13)11-6-9-3-4-10(7-11)18-9/h8-11,18H,2-7H2,1H3,(H,16,17,20). The first-order valence-electron chi connectivity index (χ1n) is 7.45. The number of aromatic nitrogens is 2. The topological polar surface area (TPSA) is 61.0 Å². The van der Waals surface area contributed by atoms with Gasteiger partial charge >= 0.3 is 0 Å². The normalized spacial score (nSPS) is 28.6. The van der Waals surface area contributed by atoms with Crippen molar-refractivity contribution < 1.29 is 0 Å². The number of H-pyrrole nitrogens is 1. The average Bonchev–Trinajstić information content (AvgIpc) is 2.78. The van der Waals surface area contributed by atoms with Gasteiger partial charge in [-0.05, 0) is 48.0 Å². The largest absolute Gasteiger partial charge is 0.352 e. The summed E-state index contributed by atoms with van der Waals surface area (Å²) in [5.74, 6) is 0.793. The minimum atomic E-state index is -0.104. The van der Waals surface area contributed by atoms with Crippen molar-refractivity contribution in [3.63, 3.8) is 0 Å². The Labute approximate surface area is 127 Å². The van der Waals surface area contributed by atoms with Crippen LogP contribution in [-0.4, -0.2) is 34.6 Å². The number of nitrogens with zero attached hydrogens (tertiary/aromatic N) is 2. The number of hydrogen-bond acceptors (Lipinski definition) is 4. The second-order valence-electron chi connectivity index (χ2n) is 5.83. The summed E-state index contributed by atoms with van der Waals surface area (Å²) in [5, 5.41) is 3.67. The van der Waals surface area contributed by atoms with Crippen LogP contribution in [0.3, 0.4) is 0 Å². The van der Waals surface area contributed by atoms with Crippen molar-refractivity contribution in [2.75, 3.05) is 11.4 Å². The quantitative estimate of drug-likeness (QED) is 0.880. The Morgan fingerprint density at radius 1 is 1.40 bits per heavy atom. The first-order chi connectivity index (χ1) is 9.69. The number of piperidine rings is 1. The molecule has 1 aromatic rings. The summed E-state index contributed by atoms with van der Waals surface area (Å²) >= 11 is 3.40. The molecule has 1 aromatic heterocycles. The highest BCUT2D eigenvalue weighted by atomic mass is 79.9. The molecule has 110 valence electrons. The van der Waals surface area contributed by atoms with Crippen molar-refractivity contribution in [2.24, 2.45) is 0 Å². The molecule has 2 unspecified atom stereocenters. The highest BCUT2D eigenvalue weighted by Gasteiger charge is 2.36. The maximum Gasteiger partial charge on any atom is 0.267 e. The molecule has 6 heteroatoms. The zero-order valence-corrected chi connectivity index (χ0v) is 13.3. The van der Waals surface area contributed by atoms with Gasteiger partial charge in [-0.1, -0.05) is 6.92 Å². The van der Waals surface area contributed by atoms with E-state index >= 15 is 0 Å². The Morgan fingerprint density at radius 3 is 2.75 bits per heavy atom. The number of halogens is 1. The van der Waals surface area contributed by atoms with Crippen LogP contribution in [0.2, 0.25) is 0 Å². The van der Waals surface area contributed by atoms with Crippen LogP contribution >= 0.6 is 15.9 Å². The van der Waals surface area contributed by atoms with Crippen LogP contribution in [0.1, 0.15) is 39.0 Å². The van der Waals surface area contributed by atoms with Crippen molar-refractivity contribution in [3.8, 4) is 0 Å². The number of hydrogen-bond donors (Lipinski definition) is 2. The first-order valence-corrected chi connectivity index (χ1v) is 8.24. The molecule has 2 bridgehead atoms. The van der Waals surface area contributed by atoms with Gasteiger partial charge in [0.25, 0.3) is 5.56 Å². The van der Waals surface area contributed by atoms with Crippen LogP contribution in [0.15, 0.2) is 15.6 Å². The molecule has 2 saturated heterocycles. The van der Waals surface area contributed by atoms with Gasteiger partial charge in [0.2, 0.25) is 0 Å². The van der Waals surface area contributed by atoms with E-state index in [0.29, 0.717) is 22.6 Å². The molecule has 2 aliphatic rings. The second-order valence-corrected chi connectivity index (χ2v) is 6.62. The zero-order chi connectivity index (χ0) is 14.1. The lowest BCUT2D eigenvalue weighted by Crippen LogP contribution is -2.49. The molecule has 2 atom stereocenters. The minimum absolute atomic E-state index is 0.104. The number of nitrogens with one attached hydrogen (secondary N) is 2. The van der Waals surface area contributed by atoms with Gasteiger partial charge in [0.1, 0.15) is 4.47 Å². The van der Waals surface area contributed by atoms with Crippen molar-refractivity contribution in [2.45, 2.75) is 57.2 Å². The van der Waals surface area contributed by atoms with Crippen LogP contribution in [0.25, 0.3) is 0 Å². The molecule has 0 aromatic carbocycles. The fourth-order valence-electron chi connectivity index (χ4n) is 3.56. The predicted octanol–water partition coefficient (Wildman–Crippen LogP) is 2.03. The Bertz CT molecular complexity index is 520. The third kappa shape index (κ3) is 2.63. The van der Waals surface area contributed by atoms with E-state index in [-0.39, 0.29) is 5.56 Å². The average molecular weight is 341 g/mol. The van der Waals surface area contributed by atoms with Crippen LogP contribution in [0.5, 0.6) is 0 Å². The van der Waals surface area contributed by atoms with E-state index < -0.39 is 0 Å². The van der Waals surface area contributed by atoms with Crippen LogP contribution in [0, 0.1) is 0 Å². The molecule has 2 fully saturated rings. The molecule has 3 heterocycles. The van der Waals surface area contributed by atoms with Crippen molar-refractivity contribution in [3.05, 3.63) is 21.2 Å². The van der Waals surface area contributed by atoms with E-state index in [1.807, 2.05) is 0 Å². The molecule has 5 nitrogen and oxygen atoms in total. The number of fused-ring (bicyclic) bond motifs is 2. The van der Waals surface area contributed by atoms with Gasteiger partial charge in [0, 0.05) is 24.7 Å².